The highest BCUT2D eigenvalue weighted by Crippen LogP contribution is 2.21. The number of carbonyl (C=O) groups excluding carboxylic acids is 1. The molecule has 1 aromatic carbocycles. The number of hydrogen-bond acceptors (Lipinski definition) is 2. The van der Waals surface area contributed by atoms with E-state index in [1.165, 1.54) is 4.90 Å². The number of hydrogen-bond donors (Lipinski definition) is 0. The van der Waals surface area contributed by atoms with Crippen molar-refractivity contribution >= 4 is 21.8 Å². The van der Waals surface area contributed by atoms with Crippen molar-refractivity contribution in [3.63, 3.8) is 0 Å². The summed E-state index contributed by atoms with van der Waals surface area (Å²) in [6.07, 6.45) is 0. The summed E-state index contributed by atoms with van der Waals surface area (Å²) in [4.78, 5) is 13.3. The number of amides is 1. The number of carbonyl (C=O) groups is 1. The van der Waals surface area contributed by atoms with Gasteiger partial charge in [-0.2, -0.15) is 0 Å². The molecule has 0 radical (unpaired) electrons. The topological polar surface area (TPSA) is 29.5 Å². The highest BCUT2D eigenvalue weighted by atomic mass is 79.9. The standard InChI is InChI=1S/C11H10BrF2NO2/c12-7-5-8(13)10(9(14)6-7)11(16)15-1-3-17-4-2-15/h5-6H,1-4H2. The lowest BCUT2D eigenvalue weighted by molar-refractivity contribution is 0.0296. The molecule has 0 aliphatic carbocycles. The first-order valence-corrected chi connectivity index (χ1v) is 5.90. The third kappa shape index (κ3) is 2.63. The molecule has 0 bridgehead atoms. The van der Waals surface area contributed by atoms with Gasteiger partial charge in [0.1, 0.15) is 17.2 Å². The van der Waals surface area contributed by atoms with Crippen LogP contribution in [0.1, 0.15) is 10.4 Å². The molecule has 0 spiro atoms. The van der Waals surface area contributed by atoms with Gasteiger partial charge in [-0.1, -0.05) is 15.9 Å². The Morgan fingerprint density at radius 3 is 2.29 bits per heavy atom. The van der Waals surface area contributed by atoms with Crippen LogP contribution in [-0.4, -0.2) is 37.1 Å². The van der Waals surface area contributed by atoms with Gasteiger partial charge in [-0.3, -0.25) is 4.79 Å². The summed E-state index contributed by atoms with van der Waals surface area (Å²) < 4.78 is 32.5. The van der Waals surface area contributed by atoms with Crippen molar-refractivity contribution in [2.24, 2.45) is 0 Å². The summed E-state index contributed by atoms with van der Waals surface area (Å²) in [6, 6.07) is 2.16. The van der Waals surface area contributed by atoms with Crippen molar-refractivity contribution in [3.05, 3.63) is 33.8 Å². The average Bonchev–Trinajstić information content (AvgIpc) is 2.28. The maximum atomic E-state index is 13.6. The van der Waals surface area contributed by atoms with E-state index in [4.69, 9.17) is 4.74 Å². The molecule has 1 aromatic rings. The molecule has 0 saturated carbocycles. The maximum Gasteiger partial charge on any atom is 0.259 e. The van der Waals surface area contributed by atoms with E-state index in [1.807, 2.05) is 0 Å². The SMILES string of the molecule is O=C(c1c(F)cc(Br)cc1F)N1CCOCC1. The molecule has 2 rings (SSSR count). The zero-order valence-electron chi connectivity index (χ0n) is 8.88. The number of halogens is 3. The quantitative estimate of drug-likeness (QED) is 0.796. The molecule has 92 valence electrons. The Hall–Kier alpha value is -1.01. The van der Waals surface area contributed by atoms with Crippen molar-refractivity contribution in [2.45, 2.75) is 0 Å². The summed E-state index contributed by atoms with van der Waals surface area (Å²) in [5.74, 6) is -2.34. The van der Waals surface area contributed by atoms with Crippen LogP contribution in [-0.2, 0) is 4.74 Å². The lowest BCUT2D eigenvalue weighted by Gasteiger charge is -2.27. The normalized spacial score (nSPS) is 16.1. The molecule has 17 heavy (non-hydrogen) atoms. The van der Waals surface area contributed by atoms with E-state index in [9.17, 15) is 13.6 Å². The van der Waals surface area contributed by atoms with E-state index in [0.717, 1.165) is 12.1 Å². The Bertz CT molecular complexity index is 424. The van der Waals surface area contributed by atoms with Crippen molar-refractivity contribution in [1.29, 1.82) is 0 Å². The number of nitrogens with zero attached hydrogens (tertiary/aromatic N) is 1. The van der Waals surface area contributed by atoms with Crippen molar-refractivity contribution in [3.8, 4) is 0 Å². The molecular formula is C11H10BrF2NO2. The number of morpholine rings is 1. The van der Waals surface area contributed by atoms with Gasteiger partial charge in [-0.25, -0.2) is 8.78 Å². The summed E-state index contributed by atoms with van der Waals surface area (Å²) in [7, 11) is 0. The second kappa shape index (κ2) is 5.10. The molecule has 1 aliphatic rings. The molecule has 1 heterocycles. The van der Waals surface area contributed by atoms with Crippen molar-refractivity contribution in [1.82, 2.24) is 4.90 Å². The second-order valence-corrected chi connectivity index (χ2v) is 4.56. The molecule has 1 fully saturated rings. The molecule has 6 heteroatoms. The van der Waals surface area contributed by atoms with E-state index >= 15 is 0 Å². The summed E-state index contributed by atoms with van der Waals surface area (Å²) >= 11 is 2.97. The minimum atomic E-state index is -0.853. The fourth-order valence-electron chi connectivity index (χ4n) is 1.67. The maximum absolute atomic E-state index is 13.6. The molecular weight excluding hydrogens is 296 g/mol. The highest BCUT2D eigenvalue weighted by molar-refractivity contribution is 9.10. The summed E-state index contributed by atoms with van der Waals surface area (Å²) in [5, 5.41) is 0. The van der Waals surface area contributed by atoms with Crippen LogP contribution in [0.5, 0.6) is 0 Å². The van der Waals surface area contributed by atoms with Crippen LogP contribution >= 0.6 is 15.9 Å². The Labute approximate surface area is 105 Å². The fourth-order valence-corrected chi connectivity index (χ4v) is 2.07. The van der Waals surface area contributed by atoms with Crippen LogP contribution in [0.2, 0.25) is 0 Å². The van der Waals surface area contributed by atoms with Gasteiger partial charge in [0.15, 0.2) is 0 Å². The highest BCUT2D eigenvalue weighted by Gasteiger charge is 2.25. The van der Waals surface area contributed by atoms with Crippen LogP contribution in [0, 0.1) is 11.6 Å². The predicted octanol–water partition coefficient (Wildman–Crippen LogP) is 2.20. The van der Waals surface area contributed by atoms with E-state index in [0.29, 0.717) is 26.3 Å². The first kappa shape index (κ1) is 12.4. The van der Waals surface area contributed by atoms with Gasteiger partial charge in [0.2, 0.25) is 0 Å². The number of benzene rings is 1. The van der Waals surface area contributed by atoms with Gasteiger partial charge in [0.25, 0.3) is 5.91 Å². The molecule has 0 aromatic heterocycles. The van der Waals surface area contributed by atoms with Gasteiger partial charge in [0, 0.05) is 17.6 Å². The fraction of sp³-hybridized carbons (Fsp3) is 0.364. The summed E-state index contributed by atoms with van der Waals surface area (Å²) in [5.41, 5.74) is -0.505. The summed E-state index contributed by atoms with van der Waals surface area (Å²) in [6.45, 7) is 1.50. The predicted molar refractivity (Wildman–Crippen MR) is 60.8 cm³/mol. The Morgan fingerprint density at radius 1 is 1.24 bits per heavy atom. The smallest absolute Gasteiger partial charge is 0.259 e. The molecule has 0 atom stereocenters. The van der Waals surface area contributed by atoms with Crippen LogP contribution < -0.4 is 0 Å². The first-order chi connectivity index (χ1) is 8.09. The minimum absolute atomic E-state index is 0.269. The third-order valence-electron chi connectivity index (χ3n) is 2.52. The second-order valence-electron chi connectivity index (χ2n) is 3.65. The van der Waals surface area contributed by atoms with Gasteiger partial charge < -0.3 is 9.64 Å². The number of ether oxygens (including phenoxy) is 1. The lowest BCUT2D eigenvalue weighted by Crippen LogP contribution is -2.41. The largest absolute Gasteiger partial charge is 0.378 e. The lowest BCUT2D eigenvalue weighted by atomic mass is 10.1. The molecule has 3 nitrogen and oxygen atoms in total. The molecule has 0 N–H and O–H groups in total. The van der Waals surface area contributed by atoms with Gasteiger partial charge in [0.05, 0.1) is 13.2 Å². The molecule has 1 saturated heterocycles. The van der Waals surface area contributed by atoms with E-state index < -0.39 is 23.1 Å². The monoisotopic (exact) mass is 305 g/mol. The Balaban J connectivity index is 2.30. The van der Waals surface area contributed by atoms with Gasteiger partial charge in [-0.05, 0) is 12.1 Å². The van der Waals surface area contributed by atoms with Crippen molar-refractivity contribution in [2.75, 3.05) is 26.3 Å². The van der Waals surface area contributed by atoms with Crippen LogP contribution in [0.15, 0.2) is 16.6 Å². The van der Waals surface area contributed by atoms with E-state index in [-0.39, 0.29) is 4.47 Å². The minimum Gasteiger partial charge on any atom is -0.378 e. The number of rotatable bonds is 1. The molecule has 1 aliphatic heterocycles. The molecule has 0 unspecified atom stereocenters. The van der Waals surface area contributed by atoms with Crippen LogP contribution in [0.25, 0.3) is 0 Å². The van der Waals surface area contributed by atoms with Crippen LogP contribution in [0.3, 0.4) is 0 Å². The molecule has 1 amide bonds. The first-order valence-electron chi connectivity index (χ1n) is 5.11. The Morgan fingerprint density at radius 2 is 1.76 bits per heavy atom. The van der Waals surface area contributed by atoms with Crippen molar-refractivity contribution < 1.29 is 18.3 Å². The average molecular weight is 306 g/mol. The zero-order valence-corrected chi connectivity index (χ0v) is 10.5. The van der Waals surface area contributed by atoms with Gasteiger partial charge >= 0.3 is 0 Å². The van der Waals surface area contributed by atoms with E-state index in [1.54, 1.807) is 0 Å². The van der Waals surface area contributed by atoms with Crippen LogP contribution in [0.4, 0.5) is 8.78 Å². The zero-order chi connectivity index (χ0) is 12.4. The van der Waals surface area contributed by atoms with Gasteiger partial charge in [-0.15, -0.1) is 0 Å². The Kier molecular flexibility index (Phi) is 3.73. The third-order valence-corrected chi connectivity index (χ3v) is 2.98. The van der Waals surface area contributed by atoms with E-state index in [2.05, 4.69) is 15.9 Å².